The minimum atomic E-state index is -0.0602. The average Bonchev–Trinajstić information content (AvgIpc) is 3.19. The van der Waals surface area contributed by atoms with Crippen LogP contribution in [0.15, 0.2) is 61.2 Å². The van der Waals surface area contributed by atoms with Gasteiger partial charge in [-0.15, -0.1) is 0 Å². The Morgan fingerprint density at radius 2 is 2.04 bits per heavy atom. The summed E-state index contributed by atoms with van der Waals surface area (Å²) < 4.78 is 0. The molecule has 1 amide bonds. The first-order valence-electron chi connectivity index (χ1n) is 8.53. The van der Waals surface area contributed by atoms with Crippen LogP contribution in [0.2, 0.25) is 0 Å². The van der Waals surface area contributed by atoms with Crippen molar-refractivity contribution in [3.8, 4) is 0 Å². The molecule has 7 heteroatoms. The summed E-state index contributed by atoms with van der Waals surface area (Å²) in [6, 6.07) is 11.0. The Kier molecular flexibility index (Phi) is 4.51. The van der Waals surface area contributed by atoms with Crippen LogP contribution in [0.5, 0.6) is 0 Å². The molecule has 4 rings (SSSR count). The Labute approximate surface area is 151 Å². The van der Waals surface area contributed by atoms with E-state index in [0.717, 1.165) is 18.5 Å². The molecule has 1 aliphatic heterocycles. The van der Waals surface area contributed by atoms with Gasteiger partial charge in [0, 0.05) is 31.3 Å². The van der Waals surface area contributed by atoms with Crippen molar-refractivity contribution in [3.63, 3.8) is 0 Å². The molecule has 26 heavy (non-hydrogen) atoms. The van der Waals surface area contributed by atoms with E-state index in [1.165, 1.54) is 0 Å². The maximum absolute atomic E-state index is 12.8. The van der Waals surface area contributed by atoms with Crippen LogP contribution in [0.25, 0.3) is 0 Å². The number of amides is 1. The quantitative estimate of drug-likeness (QED) is 0.782. The van der Waals surface area contributed by atoms with E-state index in [-0.39, 0.29) is 11.9 Å². The minimum absolute atomic E-state index is 0.0153. The van der Waals surface area contributed by atoms with Crippen LogP contribution in [-0.4, -0.2) is 37.3 Å². The zero-order chi connectivity index (χ0) is 17.8. The molecule has 0 spiro atoms. The van der Waals surface area contributed by atoms with E-state index in [1.54, 1.807) is 36.9 Å². The lowest BCUT2D eigenvalue weighted by Crippen LogP contribution is -2.31. The second-order valence-electron chi connectivity index (χ2n) is 6.04. The number of anilines is 2. The molecule has 4 heterocycles. The molecule has 3 aromatic heterocycles. The maximum atomic E-state index is 12.8. The summed E-state index contributed by atoms with van der Waals surface area (Å²) in [4.78, 5) is 31.8. The van der Waals surface area contributed by atoms with Crippen LogP contribution in [0.4, 0.5) is 11.8 Å². The standard InChI is InChI=1S/C19H18N6O/c26-18(14-5-3-9-20-13-14)25-12-4-6-16(25)15-8-11-22-19(23-15)24-17-7-1-2-10-21-17/h1-3,5,7-11,13,16H,4,6,12H2,(H,21,22,23,24). The van der Waals surface area contributed by atoms with Crippen molar-refractivity contribution in [1.82, 2.24) is 24.8 Å². The fourth-order valence-corrected chi connectivity index (χ4v) is 3.14. The van der Waals surface area contributed by atoms with Crippen molar-refractivity contribution >= 4 is 17.7 Å². The summed E-state index contributed by atoms with van der Waals surface area (Å²) in [6.07, 6.45) is 8.51. The molecule has 0 saturated carbocycles. The van der Waals surface area contributed by atoms with Gasteiger partial charge in [-0.25, -0.2) is 15.0 Å². The zero-order valence-corrected chi connectivity index (χ0v) is 14.1. The Morgan fingerprint density at radius 3 is 2.85 bits per heavy atom. The zero-order valence-electron chi connectivity index (χ0n) is 14.1. The second kappa shape index (κ2) is 7.26. The van der Waals surface area contributed by atoms with Gasteiger partial charge in [-0.2, -0.15) is 0 Å². The normalized spacial score (nSPS) is 16.5. The fraction of sp³-hybridized carbons (Fsp3) is 0.211. The van der Waals surface area contributed by atoms with Crippen molar-refractivity contribution in [2.75, 3.05) is 11.9 Å². The number of hydrogen-bond acceptors (Lipinski definition) is 6. The van der Waals surface area contributed by atoms with Gasteiger partial charge in [-0.3, -0.25) is 9.78 Å². The molecular formula is C19H18N6O. The highest BCUT2D eigenvalue weighted by molar-refractivity contribution is 5.94. The number of aromatic nitrogens is 4. The van der Waals surface area contributed by atoms with Gasteiger partial charge in [0.25, 0.3) is 5.91 Å². The van der Waals surface area contributed by atoms with Crippen LogP contribution in [0, 0.1) is 0 Å². The summed E-state index contributed by atoms with van der Waals surface area (Å²) in [5, 5.41) is 3.10. The summed E-state index contributed by atoms with van der Waals surface area (Å²) in [5.74, 6) is 1.14. The highest BCUT2D eigenvalue weighted by Crippen LogP contribution is 2.32. The monoisotopic (exact) mass is 346 g/mol. The Bertz CT molecular complexity index is 887. The van der Waals surface area contributed by atoms with Crippen molar-refractivity contribution < 1.29 is 4.79 Å². The van der Waals surface area contributed by atoms with E-state index in [1.807, 2.05) is 29.2 Å². The number of rotatable bonds is 4. The first-order valence-corrected chi connectivity index (χ1v) is 8.53. The summed E-state index contributed by atoms with van der Waals surface area (Å²) >= 11 is 0. The molecule has 0 aromatic carbocycles. The number of likely N-dealkylation sites (tertiary alicyclic amines) is 1. The van der Waals surface area contributed by atoms with Gasteiger partial charge in [0.05, 0.1) is 17.3 Å². The lowest BCUT2D eigenvalue weighted by atomic mass is 10.1. The molecule has 1 aliphatic rings. The lowest BCUT2D eigenvalue weighted by molar-refractivity contribution is 0.0732. The largest absolute Gasteiger partial charge is 0.330 e. The first-order chi connectivity index (χ1) is 12.8. The smallest absolute Gasteiger partial charge is 0.255 e. The van der Waals surface area contributed by atoms with Crippen LogP contribution in [0.3, 0.4) is 0 Å². The molecule has 1 fully saturated rings. The van der Waals surface area contributed by atoms with Crippen molar-refractivity contribution in [3.05, 3.63) is 72.4 Å². The molecule has 1 atom stereocenters. The molecule has 0 aliphatic carbocycles. The average molecular weight is 346 g/mol. The summed E-state index contributed by atoms with van der Waals surface area (Å²) in [5.41, 5.74) is 1.42. The van der Waals surface area contributed by atoms with Crippen molar-refractivity contribution in [2.24, 2.45) is 0 Å². The summed E-state index contributed by atoms with van der Waals surface area (Å²) in [6.45, 7) is 0.714. The lowest BCUT2D eigenvalue weighted by Gasteiger charge is -2.24. The molecule has 1 saturated heterocycles. The molecule has 130 valence electrons. The van der Waals surface area contributed by atoms with Gasteiger partial charge < -0.3 is 10.2 Å². The molecule has 1 N–H and O–H groups in total. The molecule has 0 radical (unpaired) electrons. The Morgan fingerprint density at radius 1 is 1.08 bits per heavy atom. The number of hydrogen-bond donors (Lipinski definition) is 1. The van der Waals surface area contributed by atoms with E-state index in [2.05, 4.69) is 25.3 Å². The second-order valence-corrected chi connectivity index (χ2v) is 6.04. The Hall–Kier alpha value is -3.35. The van der Waals surface area contributed by atoms with Gasteiger partial charge in [0.1, 0.15) is 5.82 Å². The third-order valence-electron chi connectivity index (χ3n) is 4.35. The SMILES string of the molecule is O=C(c1cccnc1)N1CCCC1c1ccnc(Nc2ccccn2)n1. The van der Waals surface area contributed by atoms with E-state index in [9.17, 15) is 4.79 Å². The molecule has 1 unspecified atom stereocenters. The first kappa shape index (κ1) is 16.1. The third-order valence-corrected chi connectivity index (χ3v) is 4.35. The van der Waals surface area contributed by atoms with Gasteiger partial charge in [0.15, 0.2) is 0 Å². The molecule has 7 nitrogen and oxygen atoms in total. The predicted octanol–water partition coefficient (Wildman–Crippen LogP) is 2.99. The Balaban J connectivity index is 1.56. The molecule has 3 aromatic rings. The van der Waals surface area contributed by atoms with Crippen LogP contribution >= 0.6 is 0 Å². The van der Waals surface area contributed by atoms with E-state index in [4.69, 9.17) is 0 Å². The van der Waals surface area contributed by atoms with Gasteiger partial charge in [0.2, 0.25) is 5.95 Å². The number of pyridine rings is 2. The number of carbonyl (C=O) groups is 1. The predicted molar refractivity (Wildman–Crippen MR) is 96.8 cm³/mol. The number of nitrogens with one attached hydrogen (secondary N) is 1. The third kappa shape index (κ3) is 3.37. The maximum Gasteiger partial charge on any atom is 0.255 e. The topological polar surface area (TPSA) is 83.9 Å². The van der Waals surface area contributed by atoms with Gasteiger partial charge in [-0.05, 0) is 43.2 Å². The highest BCUT2D eigenvalue weighted by atomic mass is 16.2. The fourth-order valence-electron chi connectivity index (χ4n) is 3.14. The van der Waals surface area contributed by atoms with Crippen LogP contribution < -0.4 is 5.32 Å². The van der Waals surface area contributed by atoms with Crippen molar-refractivity contribution in [1.29, 1.82) is 0 Å². The highest BCUT2D eigenvalue weighted by Gasteiger charge is 2.31. The summed E-state index contributed by atoms with van der Waals surface area (Å²) in [7, 11) is 0. The van der Waals surface area contributed by atoms with Crippen LogP contribution in [-0.2, 0) is 0 Å². The molecule has 0 bridgehead atoms. The van der Waals surface area contributed by atoms with Gasteiger partial charge in [-0.1, -0.05) is 6.07 Å². The van der Waals surface area contributed by atoms with Crippen LogP contribution in [0.1, 0.15) is 34.9 Å². The number of nitrogens with zero attached hydrogens (tertiary/aromatic N) is 5. The van der Waals surface area contributed by atoms with E-state index in [0.29, 0.717) is 23.9 Å². The number of carbonyl (C=O) groups excluding carboxylic acids is 1. The van der Waals surface area contributed by atoms with Crippen molar-refractivity contribution in [2.45, 2.75) is 18.9 Å². The van der Waals surface area contributed by atoms with E-state index < -0.39 is 0 Å². The minimum Gasteiger partial charge on any atom is -0.330 e. The van der Waals surface area contributed by atoms with E-state index >= 15 is 0 Å². The van der Waals surface area contributed by atoms with Gasteiger partial charge >= 0.3 is 0 Å². The molecular weight excluding hydrogens is 328 g/mol.